The Balaban J connectivity index is 1.85. The molecular formula is C24H25FN2. The van der Waals surface area contributed by atoms with Crippen LogP contribution in [0.15, 0.2) is 54.9 Å². The Morgan fingerprint density at radius 2 is 1.93 bits per heavy atom. The number of imidazole rings is 1. The average molecular weight is 360 g/mol. The van der Waals surface area contributed by atoms with Gasteiger partial charge in [-0.2, -0.15) is 0 Å². The number of hydrogen-bond donors (Lipinski definition) is 0. The molecular weight excluding hydrogens is 335 g/mol. The van der Waals surface area contributed by atoms with E-state index in [1.807, 2.05) is 25.3 Å². The molecule has 2 heterocycles. The van der Waals surface area contributed by atoms with Crippen LogP contribution < -0.4 is 0 Å². The summed E-state index contributed by atoms with van der Waals surface area (Å²) in [5, 5.41) is 0. The van der Waals surface area contributed by atoms with Crippen LogP contribution in [-0.2, 0) is 0 Å². The monoisotopic (exact) mass is 360 g/mol. The summed E-state index contributed by atoms with van der Waals surface area (Å²) in [4.78, 5) is 4.42. The summed E-state index contributed by atoms with van der Waals surface area (Å²) in [7, 11) is 0. The molecule has 4 rings (SSSR count). The van der Waals surface area contributed by atoms with Crippen LogP contribution in [0.3, 0.4) is 0 Å². The molecule has 1 aliphatic rings. The van der Waals surface area contributed by atoms with E-state index in [2.05, 4.69) is 60.6 Å². The molecule has 3 heteroatoms. The molecule has 0 amide bonds. The lowest BCUT2D eigenvalue weighted by atomic mass is 9.95. The predicted octanol–water partition coefficient (Wildman–Crippen LogP) is 6.23. The molecule has 27 heavy (non-hydrogen) atoms. The third kappa shape index (κ3) is 3.46. The minimum absolute atomic E-state index is 0.161. The number of allylic oxidation sites excluding steroid dienone is 4. The fourth-order valence-electron chi connectivity index (χ4n) is 3.57. The summed E-state index contributed by atoms with van der Waals surface area (Å²) in [5.41, 5.74) is 7.27. The molecule has 3 aromatic rings. The smallest absolute Gasteiger partial charge is 0.136 e. The van der Waals surface area contributed by atoms with Crippen molar-refractivity contribution in [1.29, 1.82) is 0 Å². The summed E-state index contributed by atoms with van der Waals surface area (Å²) < 4.78 is 15.9. The number of aryl methyl sites for hydroxylation is 2. The van der Waals surface area contributed by atoms with Crippen LogP contribution >= 0.6 is 0 Å². The Morgan fingerprint density at radius 1 is 1.19 bits per heavy atom. The minimum atomic E-state index is -0.161. The van der Waals surface area contributed by atoms with E-state index in [4.69, 9.17) is 0 Å². The second-order valence-corrected chi connectivity index (χ2v) is 7.78. The number of fused-ring (bicyclic) bond motifs is 1. The van der Waals surface area contributed by atoms with Crippen molar-refractivity contribution in [2.75, 3.05) is 0 Å². The number of rotatable bonds is 4. The highest BCUT2D eigenvalue weighted by Gasteiger charge is 2.29. The second kappa shape index (κ2) is 6.80. The molecule has 2 unspecified atom stereocenters. The highest BCUT2D eigenvalue weighted by Crippen LogP contribution is 2.40. The van der Waals surface area contributed by atoms with E-state index < -0.39 is 0 Å². The van der Waals surface area contributed by atoms with Gasteiger partial charge >= 0.3 is 0 Å². The molecule has 138 valence electrons. The van der Waals surface area contributed by atoms with Gasteiger partial charge in [0.15, 0.2) is 0 Å². The molecule has 1 aliphatic carbocycles. The second-order valence-electron chi connectivity index (χ2n) is 7.78. The number of halogens is 1. The highest BCUT2D eigenvalue weighted by molar-refractivity contribution is 5.94. The Bertz CT molecular complexity index is 1070. The third-order valence-electron chi connectivity index (χ3n) is 5.68. The average Bonchev–Trinajstić information content (AvgIpc) is 3.24. The van der Waals surface area contributed by atoms with Gasteiger partial charge in [-0.05, 0) is 91.1 Å². The number of aromatic nitrogens is 2. The van der Waals surface area contributed by atoms with E-state index in [1.165, 1.54) is 12.0 Å². The van der Waals surface area contributed by atoms with E-state index in [0.29, 0.717) is 11.5 Å². The fraction of sp³-hybridized carbons (Fsp3) is 0.292. The molecule has 2 nitrogen and oxygen atoms in total. The summed E-state index contributed by atoms with van der Waals surface area (Å²) in [6, 6.07) is 9.53. The van der Waals surface area contributed by atoms with Gasteiger partial charge in [0.05, 0.1) is 0 Å². The SMILES string of the molecule is C/C(=C(\C=C/C1CC1C)c1ccc2ncc(C)n2c1)c1ccc(F)c(C)c1. The van der Waals surface area contributed by atoms with Crippen LogP contribution in [-0.4, -0.2) is 9.38 Å². The van der Waals surface area contributed by atoms with Crippen LogP contribution in [0.2, 0.25) is 0 Å². The lowest BCUT2D eigenvalue weighted by Crippen LogP contribution is -1.94. The molecule has 0 N–H and O–H groups in total. The summed E-state index contributed by atoms with van der Waals surface area (Å²) in [6.07, 6.45) is 9.87. The molecule has 1 saturated carbocycles. The highest BCUT2D eigenvalue weighted by atomic mass is 19.1. The maximum absolute atomic E-state index is 13.7. The number of pyridine rings is 1. The van der Waals surface area contributed by atoms with Crippen LogP contribution in [0.25, 0.3) is 16.8 Å². The van der Waals surface area contributed by atoms with Gasteiger partial charge in [0.1, 0.15) is 11.5 Å². The first-order valence-electron chi connectivity index (χ1n) is 9.53. The normalized spacial score (nSPS) is 20.3. The van der Waals surface area contributed by atoms with Gasteiger partial charge in [0.2, 0.25) is 0 Å². The van der Waals surface area contributed by atoms with Gasteiger partial charge in [-0.15, -0.1) is 0 Å². The largest absolute Gasteiger partial charge is 0.304 e. The Labute approximate surface area is 160 Å². The van der Waals surface area contributed by atoms with Crippen molar-refractivity contribution in [3.8, 4) is 0 Å². The third-order valence-corrected chi connectivity index (χ3v) is 5.68. The first kappa shape index (κ1) is 17.7. The van der Waals surface area contributed by atoms with E-state index >= 15 is 0 Å². The van der Waals surface area contributed by atoms with Crippen molar-refractivity contribution in [2.24, 2.45) is 11.8 Å². The summed E-state index contributed by atoms with van der Waals surface area (Å²) in [5.74, 6) is 1.28. The molecule has 2 aromatic heterocycles. The van der Waals surface area contributed by atoms with Crippen LogP contribution in [0.1, 0.15) is 42.7 Å². The van der Waals surface area contributed by atoms with Crippen molar-refractivity contribution in [3.05, 3.63) is 83.1 Å². The van der Waals surface area contributed by atoms with Crippen molar-refractivity contribution in [2.45, 2.75) is 34.1 Å². The zero-order chi connectivity index (χ0) is 19.1. The number of nitrogens with zero attached hydrogens (tertiary/aromatic N) is 2. The zero-order valence-electron chi connectivity index (χ0n) is 16.3. The van der Waals surface area contributed by atoms with Gasteiger partial charge in [0, 0.05) is 18.1 Å². The quantitative estimate of drug-likeness (QED) is 0.504. The van der Waals surface area contributed by atoms with Crippen molar-refractivity contribution in [1.82, 2.24) is 9.38 Å². The van der Waals surface area contributed by atoms with Gasteiger partial charge < -0.3 is 4.40 Å². The van der Waals surface area contributed by atoms with Crippen molar-refractivity contribution < 1.29 is 4.39 Å². The maximum atomic E-state index is 13.7. The summed E-state index contributed by atoms with van der Waals surface area (Å²) in [6.45, 7) is 8.28. The maximum Gasteiger partial charge on any atom is 0.136 e. The topological polar surface area (TPSA) is 17.3 Å². The molecule has 0 spiro atoms. The molecule has 2 atom stereocenters. The van der Waals surface area contributed by atoms with Gasteiger partial charge in [-0.25, -0.2) is 9.37 Å². The van der Waals surface area contributed by atoms with Gasteiger partial charge in [-0.3, -0.25) is 0 Å². The zero-order valence-corrected chi connectivity index (χ0v) is 16.3. The van der Waals surface area contributed by atoms with Crippen molar-refractivity contribution >= 4 is 16.8 Å². The van der Waals surface area contributed by atoms with E-state index in [1.54, 1.807) is 6.07 Å². The lowest BCUT2D eigenvalue weighted by Gasteiger charge is -2.12. The van der Waals surface area contributed by atoms with Crippen molar-refractivity contribution in [3.63, 3.8) is 0 Å². The van der Waals surface area contributed by atoms with Crippen LogP contribution in [0, 0.1) is 31.5 Å². The van der Waals surface area contributed by atoms with E-state index in [9.17, 15) is 4.39 Å². The Kier molecular flexibility index (Phi) is 4.47. The summed E-state index contributed by atoms with van der Waals surface area (Å²) >= 11 is 0. The Morgan fingerprint density at radius 3 is 2.63 bits per heavy atom. The molecule has 1 aromatic carbocycles. The lowest BCUT2D eigenvalue weighted by molar-refractivity contribution is 0.618. The minimum Gasteiger partial charge on any atom is -0.304 e. The molecule has 0 aliphatic heterocycles. The first-order chi connectivity index (χ1) is 12.9. The number of benzene rings is 1. The van der Waals surface area contributed by atoms with Crippen LogP contribution in [0.4, 0.5) is 4.39 Å². The molecule has 1 fully saturated rings. The standard InChI is InChI=1S/C24H25FN2/c1-15-11-19(15)5-8-22(18(4)20-6-9-23(25)16(2)12-20)21-7-10-24-26-13-17(3)27(24)14-21/h5-10,12-15,19H,11H2,1-4H3/b8-5-,22-18-. The van der Waals surface area contributed by atoms with E-state index in [0.717, 1.165) is 34.0 Å². The fourth-order valence-corrected chi connectivity index (χ4v) is 3.57. The van der Waals surface area contributed by atoms with Gasteiger partial charge in [0.25, 0.3) is 0 Å². The Hall–Kier alpha value is -2.68. The first-order valence-corrected chi connectivity index (χ1v) is 9.53. The van der Waals surface area contributed by atoms with E-state index in [-0.39, 0.29) is 5.82 Å². The molecule has 0 radical (unpaired) electrons. The molecule has 0 saturated heterocycles. The number of hydrogen-bond acceptors (Lipinski definition) is 1. The van der Waals surface area contributed by atoms with Gasteiger partial charge in [-0.1, -0.05) is 25.1 Å². The van der Waals surface area contributed by atoms with Crippen LogP contribution in [0.5, 0.6) is 0 Å². The molecule has 0 bridgehead atoms. The predicted molar refractivity (Wildman–Crippen MR) is 110 cm³/mol.